The fraction of sp³-hybridized carbons (Fsp3) is 0.235. The van der Waals surface area contributed by atoms with Crippen LogP contribution in [0.15, 0.2) is 132 Å². The van der Waals surface area contributed by atoms with E-state index in [1.54, 1.807) is 12.1 Å². The maximum atomic E-state index is 10.5. The molecule has 4 aromatic carbocycles. The lowest BCUT2D eigenvalue weighted by molar-refractivity contribution is 0.483. The average Bonchev–Trinajstić information content (AvgIpc) is 2.96. The van der Waals surface area contributed by atoms with E-state index in [1.807, 2.05) is 6.92 Å². The van der Waals surface area contributed by atoms with Crippen molar-refractivity contribution in [1.82, 2.24) is 0 Å². The van der Waals surface area contributed by atoms with Crippen molar-refractivity contribution < 1.29 is 13.0 Å². The number of hydrogen-bond donors (Lipinski definition) is 1. The third-order valence-electron chi connectivity index (χ3n) is 6.68. The maximum Gasteiger partial charge on any atom is 0.294 e. The molecule has 0 radical (unpaired) electrons. The van der Waals surface area contributed by atoms with Gasteiger partial charge in [-0.05, 0) is 68.3 Å². The highest BCUT2D eigenvalue weighted by Crippen LogP contribution is 2.55. The minimum atomic E-state index is -4.02. The third kappa shape index (κ3) is 9.00. The molecule has 0 heterocycles. The summed E-state index contributed by atoms with van der Waals surface area (Å²) in [6, 6.07) is 39.5. The molecule has 0 saturated carbocycles. The lowest BCUT2D eigenvalue weighted by atomic mass is 10.2. The van der Waals surface area contributed by atoms with E-state index in [9.17, 15) is 8.42 Å². The molecule has 1 N–H and O–H groups in total. The summed E-state index contributed by atoms with van der Waals surface area (Å²) < 4.78 is 29.6. The molecule has 5 heteroatoms. The molecule has 0 spiro atoms. The summed E-state index contributed by atoms with van der Waals surface area (Å²) in [5.74, 6) is 0. The molecule has 0 bridgehead atoms. The van der Waals surface area contributed by atoms with Crippen molar-refractivity contribution in [1.29, 1.82) is 0 Å². The molecule has 0 fully saturated rings. The van der Waals surface area contributed by atoms with Crippen molar-refractivity contribution in [3.8, 4) is 0 Å². The number of unbranched alkanes of at least 4 members (excludes halogenated alkanes) is 3. The smallest absolute Gasteiger partial charge is 0.282 e. The molecule has 0 aliphatic rings. The van der Waals surface area contributed by atoms with Gasteiger partial charge in [0.05, 0.1) is 11.1 Å². The van der Waals surface area contributed by atoms with Crippen LogP contribution < -0.4 is 15.9 Å². The highest BCUT2D eigenvalue weighted by atomic mass is 32.2. The topological polar surface area (TPSA) is 54.4 Å². The fourth-order valence-electron chi connectivity index (χ4n) is 4.61. The van der Waals surface area contributed by atoms with E-state index in [2.05, 4.69) is 110 Å². The highest BCUT2D eigenvalue weighted by molar-refractivity contribution is 7.95. The molecule has 4 aromatic rings. The van der Waals surface area contributed by atoms with Crippen LogP contribution in [0.1, 0.15) is 44.6 Å². The van der Waals surface area contributed by atoms with Crippen LogP contribution in [0.3, 0.4) is 0 Å². The Balaban J connectivity index is 0.000000320. The van der Waals surface area contributed by atoms with Gasteiger partial charge in [0.2, 0.25) is 0 Å². The second-order valence-corrected chi connectivity index (χ2v) is 14.6. The summed E-state index contributed by atoms with van der Waals surface area (Å²) in [4.78, 5) is -0.0666. The van der Waals surface area contributed by atoms with Crippen LogP contribution in [0, 0.1) is 6.92 Å². The summed E-state index contributed by atoms with van der Waals surface area (Å²) in [6.07, 6.45) is 12.3. The Morgan fingerprint density at radius 3 is 1.49 bits per heavy atom. The lowest BCUT2D eigenvalue weighted by Crippen LogP contribution is -2.33. The lowest BCUT2D eigenvalue weighted by Gasteiger charge is -2.27. The first-order valence-corrected chi connectivity index (χ1v) is 17.0. The first kappa shape index (κ1) is 30.5. The Hall–Kier alpha value is -3.04. The maximum absolute atomic E-state index is 10.5. The van der Waals surface area contributed by atoms with Crippen LogP contribution in [0.25, 0.3) is 0 Å². The third-order valence-corrected chi connectivity index (χ3v) is 12.0. The quantitative estimate of drug-likeness (QED) is 0.0885. The van der Waals surface area contributed by atoms with Crippen molar-refractivity contribution in [2.45, 2.75) is 50.8 Å². The van der Waals surface area contributed by atoms with Gasteiger partial charge in [-0.15, -0.1) is 0 Å². The molecule has 0 atom stereocenters. The van der Waals surface area contributed by atoms with Crippen molar-refractivity contribution in [3.05, 3.63) is 133 Å². The first-order valence-electron chi connectivity index (χ1n) is 13.6. The summed E-state index contributed by atoms with van der Waals surface area (Å²) >= 11 is 0. The van der Waals surface area contributed by atoms with Crippen LogP contribution >= 0.6 is 7.26 Å². The molecule has 0 saturated heterocycles. The normalized spacial score (nSPS) is 11.7. The Labute approximate surface area is 235 Å². The van der Waals surface area contributed by atoms with Gasteiger partial charge in [0.25, 0.3) is 10.1 Å². The van der Waals surface area contributed by atoms with Crippen molar-refractivity contribution in [2.75, 3.05) is 6.16 Å². The second-order valence-electron chi connectivity index (χ2n) is 9.58. The first-order chi connectivity index (χ1) is 18.9. The summed E-state index contributed by atoms with van der Waals surface area (Å²) in [7, 11) is -5.69. The monoisotopic (exact) mass is 559 g/mol. The van der Waals surface area contributed by atoms with E-state index < -0.39 is 17.4 Å². The van der Waals surface area contributed by atoms with E-state index in [4.69, 9.17) is 4.55 Å². The molecular formula is C34H40O3PS+. The average molecular weight is 560 g/mol. The summed E-state index contributed by atoms with van der Waals surface area (Å²) in [5.41, 5.74) is 0.956. The van der Waals surface area contributed by atoms with Gasteiger partial charge in [0, 0.05) is 6.42 Å². The molecule has 0 aliphatic heterocycles. The highest BCUT2D eigenvalue weighted by Gasteiger charge is 2.44. The van der Waals surface area contributed by atoms with Crippen LogP contribution in [-0.2, 0) is 10.1 Å². The van der Waals surface area contributed by atoms with Gasteiger partial charge in [0.15, 0.2) is 0 Å². The zero-order valence-corrected chi connectivity index (χ0v) is 24.7. The summed E-state index contributed by atoms with van der Waals surface area (Å²) in [6.45, 7) is 4.11. The number of benzene rings is 4. The Morgan fingerprint density at radius 1 is 0.641 bits per heavy atom. The van der Waals surface area contributed by atoms with Crippen molar-refractivity contribution in [2.24, 2.45) is 0 Å². The van der Waals surface area contributed by atoms with Gasteiger partial charge in [-0.1, -0.05) is 104 Å². The number of hydrogen-bond acceptors (Lipinski definition) is 2. The fourth-order valence-corrected chi connectivity index (χ4v) is 9.34. The predicted octanol–water partition coefficient (Wildman–Crippen LogP) is 7.75. The van der Waals surface area contributed by atoms with Gasteiger partial charge < -0.3 is 0 Å². The number of allylic oxidation sites excluding steroid dienone is 2. The summed E-state index contributed by atoms with van der Waals surface area (Å²) in [5, 5.41) is 4.44. The van der Waals surface area contributed by atoms with Gasteiger partial charge in [0.1, 0.15) is 23.2 Å². The SMILES string of the molecule is CCCCC/C=C\CC[P+](c1ccccc1)(c1ccccc1)c1ccccc1.Cc1ccc(S(=O)(=O)O)cc1. The minimum absolute atomic E-state index is 0.0666. The largest absolute Gasteiger partial charge is 0.294 e. The van der Waals surface area contributed by atoms with Gasteiger partial charge in [-0.3, -0.25) is 4.55 Å². The van der Waals surface area contributed by atoms with Crippen molar-refractivity contribution in [3.63, 3.8) is 0 Å². The Bertz CT molecular complexity index is 1270. The molecule has 39 heavy (non-hydrogen) atoms. The van der Waals surface area contributed by atoms with Crippen LogP contribution in [0.2, 0.25) is 0 Å². The van der Waals surface area contributed by atoms with Gasteiger partial charge >= 0.3 is 0 Å². The molecular weight excluding hydrogens is 519 g/mol. The molecule has 0 unspecified atom stereocenters. The van der Waals surface area contributed by atoms with Crippen LogP contribution in [0.5, 0.6) is 0 Å². The van der Waals surface area contributed by atoms with Crippen molar-refractivity contribution >= 4 is 33.3 Å². The van der Waals surface area contributed by atoms with E-state index in [1.165, 1.54) is 59.9 Å². The molecule has 0 aliphatic carbocycles. The molecule has 204 valence electrons. The van der Waals surface area contributed by atoms with Crippen LogP contribution in [0.4, 0.5) is 0 Å². The molecule has 4 rings (SSSR count). The Morgan fingerprint density at radius 2 is 1.08 bits per heavy atom. The number of rotatable bonds is 11. The standard InChI is InChI=1S/C27H32P.C7H8O3S/c1-2-3-4-5-6-7-17-24-28(25-18-11-8-12-19-25,26-20-13-9-14-21-26)27-22-15-10-16-23-27;1-6-2-4-7(5-3-6)11(8,9)10/h6-16,18-23H,2-5,17,24H2,1H3;2-5H,1H3,(H,8,9,10)/q+1;/b7-6-;. The van der Waals surface area contributed by atoms with E-state index >= 15 is 0 Å². The number of aryl methyl sites for hydroxylation is 1. The molecule has 0 amide bonds. The molecule has 0 aromatic heterocycles. The zero-order chi connectivity index (χ0) is 28.0. The zero-order valence-electron chi connectivity index (χ0n) is 23.0. The van der Waals surface area contributed by atoms with E-state index in [0.717, 1.165) is 12.0 Å². The van der Waals surface area contributed by atoms with E-state index in [-0.39, 0.29) is 4.90 Å². The molecule has 3 nitrogen and oxygen atoms in total. The second kappa shape index (κ2) is 15.5. The predicted molar refractivity (Wildman–Crippen MR) is 169 cm³/mol. The minimum Gasteiger partial charge on any atom is -0.282 e. The van der Waals surface area contributed by atoms with Gasteiger partial charge in [-0.2, -0.15) is 8.42 Å². The van der Waals surface area contributed by atoms with Gasteiger partial charge in [-0.25, -0.2) is 0 Å². The Kier molecular flexibility index (Phi) is 12.1. The van der Waals surface area contributed by atoms with Crippen LogP contribution in [-0.4, -0.2) is 19.1 Å². The van der Waals surface area contributed by atoms with E-state index in [0.29, 0.717) is 0 Å².